The molecule has 1 aliphatic carbocycles. The number of amides is 2. The Kier molecular flexibility index (Phi) is 2.53. The summed E-state index contributed by atoms with van der Waals surface area (Å²) in [7, 11) is 0. The van der Waals surface area contributed by atoms with Gasteiger partial charge in [-0.15, -0.1) is 0 Å². The predicted molar refractivity (Wildman–Crippen MR) is 74.1 cm³/mol. The van der Waals surface area contributed by atoms with Gasteiger partial charge in [0, 0.05) is 10.0 Å². The number of nitrogens with two attached hydrogens (primary N) is 1. The first-order chi connectivity index (χ1) is 8.50. The van der Waals surface area contributed by atoms with Crippen LogP contribution in [0.15, 0.2) is 22.7 Å². The minimum absolute atomic E-state index is 0.125. The molecule has 0 spiro atoms. The first-order valence-electron chi connectivity index (χ1n) is 5.48. The van der Waals surface area contributed by atoms with E-state index >= 15 is 0 Å². The fraction of sp³-hybridized carbons (Fsp3) is 0.250. The summed E-state index contributed by atoms with van der Waals surface area (Å²) in [6.07, 6.45) is 0.688. The number of carbonyl (C=O) groups is 2. The van der Waals surface area contributed by atoms with Crippen LogP contribution < -0.4 is 10.6 Å². The molecule has 1 heterocycles. The summed E-state index contributed by atoms with van der Waals surface area (Å²) in [4.78, 5) is 25.4. The number of hydrogen-bond donors (Lipinski definition) is 1. The molecule has 2 unspecified atom stereocenters. The maximum atomic E-state index is 12.0. The number of anilines is 1. The summed E-state index contributed by atoms with van der Waals surface area (Å²) in [5.41, 5.74) is 6.69. The molecule has 3 rings (SSSR count). The van der Waals surface area contributed by atoms with E-state index in [9.17, 15) is 9.59 Å². The molecule has 2 atom stereocenters. The van der Waals surface area contributed by atoms with E-state index in [0.29, 0.717) is 17.7 Å². The lowest BCUT2D eigenvalue weighted by molar-refractivity contribution is -0.123. The Morgan fingerprint density at radius 2 is 1.94 bits per heavy atom. The lowest BCUT2D eigenvalue weighted by Gasteiger charge is -2.19. The molecular formula is C12H9BrN2O2S. The van der Waals surface area contributed by atoms with Gasteiger partial charge < -0.3 is 5.73 Å². The van der Waals surface area contributed by atoms with Gasteiger partial charge in [0.2, 0.25) is 11.8 Å². The third-order valence-corrected chi connectivity index (χ3v) is 4.04. The van der Waals surface area contributed by atoms with Crippen LogP contribution in [0.5, 0.6) is 0 Å². The van der Waals surface area contributed by atoms with Gasteiger partial charge in [0.15, 0.2) is 0 Å². The molecule has 1 saturated carbocycles. The Hall–Kier alpha value is -1.27. The Bertz CT molecular complexity index is 582. The molecule has 0 bridgehead atoms. The molecule has 1 saturated heterocycles. The van der Waals surface area contributed by atoms with Gasteiger partial charge in [-0.2, -0.15) is 0 Å². The van der Waals surface area contributed by atoms with Crippen molar-refractivity contribution in [2.45, 2.75) is 6.42 Å². The fourth-order valence-electron chi connectivity index (χ4n) is 2.32. The maximum Gasteiger partial charge on any atom is 0.237 e. The highest BCUT2D eigenvalue weighted by molar-refractivity contribution is 9.10. The van der Waals surface area contributed by atoms with Gasteiger partial charge in [0.05, 0.1) is 17.5 Å². The monoisotopic (exact) mass is 324 g/mol. The first kappa shape index (κ1) is 11.8. The lowest BCUT2D eigenvalue weighted by atomic mass is 10.1. The summed E-state index contributed by atoms with van der Waals surface area (Å²) >= 11 is 8.29. The van der Waals surface area contributed by atoms with Crippen LogP contribution in [0.1, 0.15) is 12.0 Å². The van der Waals surface area contributed by atoms with Crippen LogP contribution in [0.2, 0.25) is 0 Å². The van der Waals surface area contributed by atoms with Crippen molar-refractivity contribution in [3.05, 3.63) is 28.2 Å². The second-order valence-electron chi connectivity index (χ2n) is 4.49. The molecule has 6 heteroatoms. The molecule has 18 heavy (non-hydrogen) atoms. The van der Waals surface area contributed by atoms with Crippen LogP contribution in [-0.4, -0.2) is 16.8 Å². The zero-order valence-corrected chi connectivity index (χ0v) is 11.6. The molecule has 92 valence electrons. The van der Waals surface area contributed by atoms with Gasteiger partial charge in [-0.1, -0.05) is 28.1 Å². The van der Waals surface area contributed by atoms with Crippen molar-refractivity contribution >= 4 is 50.6 Å². The number of fused-ring (bicyclic) bond motifs is 1. The number of carbonyl (C=O) groups excluding carboxylic acids is 2. The van der Waals surface area contributed by atoms with E-state index in [1.54, 1.807) is 18.2 Å². The van der Waals surface area contributed by atoms with Gasteiger partial charge in [0.25, 0.3) is 0 Å². The molecule has 1 aliphatic heterocycles. The lowest BCUT2D eigenvalue weighted by Crippen LogP contribution is -2.34. The van der Waals surface area contributed by atoms with Crippen molar-refractivity contribution in [1.82, 2.24) is 0 Å². The van der Waals surface area contributed by atoms with Crippen LogP contribution >= 0.6 is 28.1 Å². The van der Waals surface area contributed by atoms with Gasteiger partial charge in [0.1, 0.15) is 4.99 Å². The standard InChI is InChI=1S/C12H9BrN2O2S/c13-5-1-2-9(8(3-5)10(14)18)15-11(16)6-4-7(6)12(15)17/h1-3,6-7H,4H2,(H2,14,18). The van der Waals surface area contributed by atoms with Crippen molar-refractivity contribution in [3.63, 3.8) is 0 Å². The summed E-state index contributed by atoms with van der Waals surface area (Å²) in [5, 5.41) is 0. The highest BCUT2D eigenvalue weighted by Gasteiger charge is 2.59. The van der Waals surface area contributed by atoms with E-state index in [2.05, 4.69) is 15.9 Å². The molecule has 2 aliphatic rings. The Morgan fingerprint density at radius 1 is 1.33 bits per heavy atom. The maximum absolute atomic E-state index is 12.0. The number of thiocarbonyl (C=S) groups is 1. The second-order valence-corrected chi connectivity index (χ2v) is 5.84. The SMILES string of the molecule is NC(=S)c1cc(Br)ccc1N1C(=O)C2CC2C1=O. The normalized spacial score (nSPS) is 25.3. The third kappa shape index (κ3) is 1.59. The number of piperidine rings is 1. The van der Waals surface area contributed by atoms with Crippen molar-refractivity contribution in [3.8, 4) is 0 Å². The fourth-order valence-corrected chi connectivity index (χ4v) is 2.84. The second kappa shape index (κ2) is 3.86. The largest absolute Gasteiger partial charge is 0.389 e. The van der Waals surface area contributed by atoms with Gasteiger partial charge in [-0.3, -0.25) is 9.59 Å². The Morgan fingerprint density at radius 3 is 2.50 bits per heavy atom. The number of benzene rings is 1. The van der Waals surface area contributed by atoms with Crippen molar-refractivity contribution in [1.29, 1.82) is 0 Å². The zero-order chi connectivity index (χ0) is 13.0. The minimum Gasteiger partial charge on any atom is -0.389 e. The molecular weight excluding hydrogens is 316 g/mol. The number of rotatable bonds is 2. The molecule has 2 fully saturated rings. The molecule has 1 aromatic rings. The van der Waals surface area contributed by atoms with E-state index in [1.807, 2.05) is 0 Å². The summed E-state index contributed by atoms with van der Waals surface area (Å²) in [6, 6.07) is 5.18. The zero-order valence-electron chi connectivity index (χ0n) is 9.22. The predicted octanol–water partition coefficient (Wildman–Crippen LogP) is 1.59. The number of halogens is 1. The van der Waals surface area contributed by atoms with E-state index in [4.69, 9.17) is 18.0 Å². The molecule has 0 radical (unpaired) electrons. The Balaban J connectivity index is 2.10. The molecule has 1 aromatic carbocycles. The van der Waals surface area contributed by atoms with Gasteiger partial charge in [-0.05, 0) is 24.6 Å². The summed E-state index contributed by atoms with van der Waals surface area (Å²) in [5.74, 6) is -0.518. The number of hydrogen-bond acceptors (Lipinski definition) is 3. The van der Waals surface area contributed by atoms with E-state index in [1.165, 1.54) is 4.90 Å². The van der Waals surface area contributed by atoms with Crippen molar-refractivity contribution in [2.75, 3.05) is 4.90 Å². The van der Waals surface area contributed by atoms with Crippen LogP contribution in [0.3, 0.4) is 0 Å². The quantitative estimate of drug-likeness (QED) is 0.663. The topological polar surface area (TPSA) is 63.4 Å². The molecule has 2 amide bonds. The van der Waals surface area contributed by atoms with Crippen molar-refractivity contribution in [2.24, 2.45) is 17.6 Å². The van der Waals surface area contributed by atoms with Crippen LogP contribution in [0, 0.1) is 11.8 Å². The van der Waals surface area contributed by atoms with Crippen LogP contribution in [-0.2, 0) is 9.59 Å². The van der Waals surface area contributed by atoms with Crippen LogP contribution in [0.4, 0.5) is 5.69 Å². The van der Waals surface area contributed by atoms with Crippen LogP contribution in [0.25, 0.3) is 0 Å². The van der Waals surface area contributed by atoms with E-state index in [0.717, 1.165) is 4.47 Å². The average molecular weight is 325 g/mol. The van der Waals surface area contributed by atoms with Crippen molar-refractivity contribution < 1.29 is 9.59 Å². The summed E-state index contributed by atoms with van der Waals surface area (Å²) < 4.78 is 0.804. The van der Waals surface area contributed by atoms with E-state index in [-0.39, 0.29) is 28.6 Å². The number of imide groups is 1. The number of nitrogens with zero attached hydrogens (tertiary/aromatic N) is 1. The highest BCUT2D eigenvalue weighted by Crippen LogP contribution is 2.48. The first-order valence-corrected chi connectivity index (χ1v) is 6.68. The molecule has 2 N–H and O–H groups in total. The average Bonchev–Trinajstić information content (AvgIpc) is 3.06. The minimum atomic E-state index is -0.134. The molecule has 0 aromatic heterocycles. The van der Waals surface area contributed by atoms with Gasteiger partial charge in [-0.25, -0.2) is 4.90 Å². The smallest absolute Gasteiger partial charge is 0.237 e. The highest BCUT2D eigenvalue weighted by atomic mass is 79.9. The van der Waals surface area contributed by atoms with E-state index < -0.39 is 0 Å². The Labute approximate surface area is 117 Å². The van der Waals surface area contributed by atoms with Gasteiger partial charge >= 0.3 is 0 Å². The summed E-state index contributed by atoms with van der Waals surface area (Å²) in [6.45, 7) is 0. The molecule has 4 nitrogen and oxygen atoms in total. The third-order valence-electron chi connectivity index (χ3n) is 3.33.